The molecule has 3 heteroatoms. The first kappa shape index (κ1) is 20.7. The molecular weight excluding hydrogens is 300 g/mol. The van der Waals surface area contributed by atoms with Gasteiger partial charge in [-0.3, -0.25) is 4.79 Å². The summed E-state index contributed by atoms with van der Waals surface area (Å²) >= 11 is 0. The number of rotatable bonds is 14. The average Bonchev–Trinajstić information content (AvgIpc) is 3.32. The lowest BCUT2D eigenvalue weighted by Crippen LogP contribution is -2.06. The van der Waals surface area contributed by atoms with E-state index >= 15 is 0 Å². The van der Waals surface area contributed by atoms with Crippen molar-refractivity contribution in [3.05, 3.63) is 36.5 Å². The molecule has 3 nitrogen and oxygen atoms in total. The summed E-state index contributed by atoms with van der Waals surface area (Å²) in [6.45, 7) is 2.22. The molecule has 0 aromatic carbocycles. The number of carboxylic acid groups (broad SMARTS) is 1. The van der Waals surface area contributed by atoms with Crippen molar-refractivity contribution < 1.29 is 15.0 Å². The Labute approximate surface area is 147 Å². The van der Waals surface area contributed by atoms with Gasteiger partial charge in [0, 0.05) is 6.42 Å². The number of carbonyl (C=O) groups is 1. The Morgan fingerprint density at radius 1 is 1.08 bits per heavy atom. The van der Waals surface area contributed by atoms with E-state index in [1.807, 2.05) is 24.3 Å². The Bertz CT molecular complexity index is 423. The van der Waals surface area contributed by atoms with E-state index < -0.39 is 5.97 Å². The van der Waals surface area contributed by atoms with E-state index in [1.54, 1.807) is 0 Å². The smallest absolute Gasteiger partial charge is 0.303 e. The lowest BCUT2D eigenvalue weighted by molar-refractivity contribution is -0.137. The zero-order valence-electron chi connectivity index (χ0n) is 15.1. The fourth-order valence-corrected chi connectivity index (χ4v) is 2.89. The predicted octanol–water partition coefficient (Wildman–Crippen LogP) is 5.27. The summed E-state index contributed by atoms with van der Waals surface area (Å²) in [5.41, 5.74) is 0. The summed E-state index contributed by atoms with van der Waals surface area (Å²) in [6.07, 6.45) is 22.1. The van der Waals surface area contributed by atoms with Gasteiger partial charge in [-0.2, -0.15) is 0 Å². The van der Waals surface area contributed by atoms with Crippen LogP contribution in [0.3, 0.4) is 0 Å². The topological polar surface area (TPSA) is 57.5 Å². The number of unbranched alkanes of at least 4 members (excludes halogenated alkanes) is 4. The maximum absolute atomic E-state index is 10.4. The number of hydrogen-bond donors (Lipinski definition) is 2. The molecule has 3 atom stereocenters. The first-order chi connectivity index (χ1) is 11.6. The lowest BCUT2D eigenvalue weighted by atomic mass is 10.1. The largest absolute Gasteiger partial charge is 0.481 e. The molecule has 0 saturated heterocycles. The van der Waals surface area contributed by atoms with Gasteiger partial charge in [-0.25, -0.2) is 0 Å². The zero-order chi connectivity index (χ0) is 17.6. The van der Waals surface area contributed by atoms with Crippen molar-refractivity contribution in [3.63, 3.8) is 0 Å². The molecule has 2 N–H and O–H groups in total. The Morgan fingerprint density at radius 3 is 2.58 bits per heavy atom. The van der Waals surface area contributed by atoms with Crippen molar-refractivity contribution in [2.45, 2.75) is 77.2 Å². The SMILES string of the molecule is CCCCC/C=C\CC1CC1C(O)/C=C\C/C=C\CCCC(=O)O. The van der Waals surface area contributed by atoms with Crippen LogP contribution in [-0.4, -0.2) is 22.3 Å². The van der Waals surface area contributed by atoms with Crippen LogP contribution >= 0.6 is 0 Å². The fraction of sp³-hybridized carbons (Fsp3) is 0.667. The molecule has 1 rings (SSSR count). The molecule has 0 aliphatic heterocycles. The Kier molecular flexibility index (Phi) is 11.2. The normalized spacial score (nSPS) is 21.9. The second kappa shape index (κ2) is 13.0. The van der Waals surface area contributed by atoms with Crippen LogP contribution < -0.4 is 0 Å². The predicted molar refractivity (Wildman–Crippen MR) is 99.9 cm³/mol. The summed E-state index contributed by atoms with van der Waals surface area (Å²) < 4.78 is 0. The van der Waals surface area contributed by atoms with Crippen LogP contribution in [0.1, 0.15) is 71.1 Å². The van der Waals surface area contributed by atoms with Crippen LogP contribution in [0.4, 0.5) is 0 Å². The van der Waals surface area contributed by atoms with Gasteiger partial charge in [-0.15, -0.1) is 0 Å². The minimum absolute atomic E-state index is 0.231. The third kappa shape index (κ3) is 10.4. The third-order valence-corrected chi connectivity index (χ3v) is 4.53. The molecule has 0 radical (unpaired) electrons. The van der Waals surface area contributed by atoms with E-state index in [2.05, 4.69) is 19.1 Å². The first-order valence-corrected chi connectivity index (χ1v) is 9.51. The minimum Gasteiger partial charge on any atom is -0.481 e. The minimum atomic E-state index is -0.735. The van der Waals surface area contributed by atoms with Crippen molar-refractivity contribution in [2.24, 2.45) is 11.8 Å². The molecule has 0 aromatic rings. The fourth-order valence-electron chi connectivity index (χ4n) is 2.89. The number of aliphatic hydroxyl groups is 1. The van der Waals surface area contributed by atoms with E-state index in [9.17, 15) is 9.90 Å². The van der Waals surface area contributed by atoms with Crippen LogP contribution in [0.25, 0.3) is 0 Å². The highest BCUT2D eigenvalue weighted by molar-refractivity contribution is 5.66. The highest BCUT2D eigenvalue weighted by atomic mass is 16.4. The molecule has 0 amide bonds. The molecule has 136 valence electrons. The maximum atomic E-state index is 10.4. The third-order valence-electron chi connectivity index (χ3n) is 4.53. The Hall–Kier alpha value is -1.35. The van der Waals surface area contributed by atoms with Gasteiger partial charge in [0.2, 0.25) is 0 Å². The summed E-state index contributed by atoms with van der Waals surface area (Å²) in [6, 6.07) is 0. The number of aliphatic hydroxyl groups excluding tert-OH is 1. The molecule has 1 aliphatic carbocycles. The zero-order valence-corrected chi connectivity index (χ0v) is 15.1. The number of allylic oxidation sites excluding steroid dienone is 5. The molecule has 0 spiro atoms. The summed E-state index contributed by atoms with van der Waals surface area (Å²) in [5.74, 6) is 0.348. The highest BCUT2D eigenvalue weighted by Crippen LogP contribution is 2.44. The first-order valence-electron chi connectivity index (χ1n) is 9.51. The van der Waals surface area contributed by atoms with Crippen molar-refractivity contribution in [3.8, 4) is 0 Å². The van der Waals surface area contributed by atoms with Crippen LogP contribution in [0, 0.1) is 11.8 Å². The lowest BCUT2D eigenvalue weighted by Gasteiger charge is -2.03. The average molecular weight is 335 g/mol. The van der Waals surface area contributed by atoms with Gasteiger partial charge in [-0.1, -0.05) is 56.2 Å². The van der Waals surface area contributed by atoms with Gasteiger partial charge in [0.05, 0.1) is 6.10 Å². The number of carboxylic acids is 1. The Balaban J connectivity index is 2.04. The monoisotopic (exact) mass is 334 g/mol. The van der Waals surface area contributed by atoms with Gasteiger partial charge in [0.1, 0.15) is 0 Å². The van der Waals surface area contributed by atoms with E-state index in [0.29, 0.717) is 18.3 Å². The van der Waals surface area contributed by atoms with Crippen molar-refractivity contribution in [1.82, 2.24) is 0 Å². The van der Waals surface area contributed by atoms with E-state index in [4.69, 9.17) is 5.11 Å². The molecule has 1 saturated carbocycles. The van der Waals surface area contributed by atoms with Gasteiger partial charge in [-0.05, 0) is 56.8 Å². The number of hydrogen-bond acceptors (Lipinski definition) is 2. The molecule has 1 aliphatic rings. The van der Waals surface area contributed by atoms with Crippen LogP contribution in [0.15, 0.2) is 36.5 Å². The van der Waals surface area contributed by atoms with Crippen LogP contribution in [0.5, 0.6) is 0 Å². The molecule has 0 aromatic heterocycles. The molecule has 3 unspecified atom stereocenters. The summed E-state index contributed by atoms with van der Waals surface area (Å²) in [7, 11) is 0. The van der Waals surface area contributed by atoms with Gasteiger partial charge in [0.15, 0.2) is 0 Å². The van der Waals surface area contributed by atoms with Crippen LogP contribution in [-0.2, 0) is 4.79 Å². The second-order valence-electron chi connectivity index (χ2n) is 6.77. The van der Waals surface area contributed by atoms with Crippen LogP contribution in [0.2, 0.25) is 0 Å². The van der Waals surface area contributed by atoms with Crippen molar-refractivity contribution in [2.75, 3.05) is 0 Å². The van der Waals surface area contributed by atoms with E-state index in [0.717, 1.165) is 25.7 Å². The molecule has 0 heterocycles. The van der Waals surface area contributed by atoms with Gasteiger partial charge >= 0.3 is 5.97 Å². The van der Waals surface area contributed by atoms with E-state index in [1.165, 1.54) is 25.7 Å². The molecule has 0 bridgehead atoms. The Morgan fingerprint density at radius 2 is 1.83 bits per heavy atom. The standard InChI is InChI=1S/C21H34O3/c1-2-3-4-5-8-11-14-18-17-19(18)20(22)15-12-9-6-7-10-13-16-21(23)24/h6-8,11-12,15,18-20,22H,2-5,9-10,13-14,16-17H2,1H3,(H,23,24)/b7-6-,11-8-,15-12-. The molecular formula is C21H34O3. The van der Waals surface area contributed by atoms with Crippen molar-refractivity contribution >= 4 is 5.97 Å². The van der Waals surface area contributed by atoms with E-state index in [-0.39, 0.29) is 12.5 Å². The number of aliphatic carboxylic acids is 1. The summed E-state index contributed by atoms with van der Waals surface area (Å²) in [4.78, 5) is 10.4. The quantitative estimate of drug-likeness (QED) is 0.336. The molecule has 1 fully saturated rings. The second-order valence-corrected chi connectivity index (χ2v) is 6.77. The summed E-state index contributed by atoms with van der Waals surface area (Å²) in [5, 5.41) is 18.7. The van der Waals surface area contributed by atoms with Gasteiger partial charge in [0.25, 0.3) is 0 Å². The maximum Gasteiger partial charge on any atom is 0.303 e. The highest BCUT2D eigenvalue weighted by Gasteiger charge is 2.40. The van der Waals surface area contributed by atoms with Gasteiger partial charge < -0.3 is 10.2 Å². The molecule has 24 heavy (non-hydrogen) atoms. The van der Waals surface area contributed by atoms with Crippen molar-refractivity contribution in [1.29, 1.82) is 0 Å².